The molecule has 4 aliphatic carbocycles. The van der Waals surface area contributed by atoms with E-state index >= 15 is 0 Å². The van der Waals surface area contributed by atoms with Crippen LogP contribution in [0.15, 0.2) is 12.1 Å². The van der Waals surface area contributed by atoms with Gasteiger partial charge in [-0.25, -0.2) is 4.68 Å². The average Bonchev–Trinajstić information content (AvgIpc) is 3.48. The van der Waals surface area contributed by atoms with Gasteiger partial charge in [-0.2, -0.15) is 0 Å². The molecule has 0 radical (unpaired) electrons. The molecule has 0 spiro atoms. The molecule has 1 aromatic carbocycles. The number of carbonyl (C=O) groups excluding carboxylic acids is 1. The molecule has 0 saturated heterocycles. The van der Waals surface area contributed by atoms with Gasteiger partial charge in [-0.05, 0) is 111 Å². The summed E-state index contributed by atoms with van der Waals surface area (Å²) < 4.78 is 18.7. The van der Waals surface area contributed by atoms with Crippen molar-refractivity contribution >= 4 is 16.8 Å². The molecule has 0 bridgehead atoms. The number of carbonyl (C=O) groups is 1. The summed E-state index contributed by atoms with van der Waals surface area (Å²) in [6.07, 6.45) is 9.49. The second-order valence-electron chi connectivity index (χ2n) is 13.6. The van der Waals surface area contributed by atoms with Crippen LogP contribution in [-0.4, -0.2) is 59.4 Å². The minimum Gasteiger partial charge on any atom is -0.493 e. The van der Waals surface area contributed by atoms with Gasteiger partial charge in [-0.1, -0.05) is 12.1 Å². The van der Waals surface area contributed by atoms with E-state index in [2.05, 4.69) is 17.2 Å². The molecule has 4 saturated carbocycles. The maximum absolute atomic E-state index is 14.0. The van der Waals surface area contributed by atoms with Gasteiger partial charge in [0, 0.05) is 13.0 Å². The van der Waals surface area contributed by atoms with E-state index in [1.807, 2.05) is 26.2 Å². The lowest BCUT2D eigenvalue weighted by atomic mass is 9.43. The maximum atomic E-state index is 14.0. The Morgan fingerprint density at radius 2 is 1.85 bits per heavy atom. The number of aromatic nitrogens is 3. The number of ketones is 1. The van der Waals surface area contributed by atoms with Crippen molar-refractivity contribution in [3.05, 3.63) is 12.1 Å². The monoisotopic (exact) mass is 539 g/mol. The predicted octanol–water partition coefficient (Wildman–Crippen LogP) is 5.05. The van der Waals surface area contributed by atoms with Gasteiger partial charge in [0.25, 0.3) is 0 Å². The van der Waals surface area contributed by atoms with Gasteiger partial charge in [0.1, 0.15) is 17.6 Å². The first-order chi connectivity index (χ1) is 18.7. The molecule has 1 heterocycles. The van der Waals surface area contributed by atoms with Crippen LogP contribution >= 0.6 is 0 Å². The van der Waals surface area contributed by atoms with E-state index in [9.17, 15) is 9.90 Å². The number of methoxy groups -OCH3 is 3. The zero-order chi connectivity index (χ0) is 27.6. The largest absolute Gasteiger partial charge is 0.493 e. The van der Waals surface area contributed by atoms with Crippen molar-refractivity contribution in [1.29, 1.82) is 0 Å². The van der Waals surface area contributed by atoms with E-state index in [1.165, 1.54) is 12.8 Å². The lowest BCUT2D eigenvalue weighted by molar-refractivity contribution is -0.175. The van der Waals surface area contributed by atoms with Crippen molar-refractivity contribution in [2.45, 2.75) is 83.8 Å². The number of aliphatic hydroxyl groups is 1. The predicted molar refractivity (Wildman–Crippen MR) is 148 cm³/mol. The Morgan fingerprint density at radius 3 is 2.59 bits per heavy atom. The van der Waals surface area contributed by atoms with Gasteiger partial charge in [0.05, 0.1) is 26.4 Å². The standard InChI is InChI=1S/C31H45N3O5/c1-29(36)14-15-31(18-37-3)19(16-29)6-7-20-21-8-9-23(30(21,2)13-12-22(20)31)25(35)17-34-27-24(32-33-34)10-11-26(38-4)28(27)39-5/h10-11,19-23,36H,6-9,12-18H2,1-5H3/t19-,20-,21-,22-,23+,29+,30-,31+/m0/s1. The number of hydrogen-bond acceptors (Lipinski definition) is 7. The highest BCUT2D eigenvalue weighted by atomic mass is 16.5. The molecule has 6 rings (SSSR count). The normalized spacial score (nSPS) is 39.6. The molecule has 8 nitrogen and oxygen atoms in total. The van der Waals surface area contributed by atoms with E-state index in [0.29, 0.717) is 46.2 Å². The number of fused-ring (bicyclic) bond motifs is 6. The Balaban J connectivity index is 1.25. The van der Waals surface area contributed by atoms with Crippen LogP contribution in [0.1, 0.15) is 71.6 Å². The van der Waals surface area contributed by atoms with E-state index in [1.54, 1.807) is 18.9 Å². The topological polar surface area (TPSA) is 95.7 Å². The van der Waals surface area contributed by atoms with Gasteiger partial charge in [0.15, 0.2) is 17.3 Å². The molecule has 4 fully saturated rings. The molecular formula is C31H45N3O5. The van der Waals surface area contributed by atoms with Crippen LogP contribution in [0.5, 0.6) is 11.5 Å². The van der Waals surface area contributed by atoms with E-state index in [-0.39, 0.29) is 29.1 Å². The molecule has 1 N–H and O–H groups in total. The van der Waals surface area contributed by atoms with Crippen LogP contribution in [-0.2, 0) is 16.1 Å². The minimum atomic E-state index is -0.555. The summed E-state index contributed by atoms with van der Waals surface area (Å²) >= 11 is 0. The zero-order valence-corrected chi connectivity index (χ0v) is 24.2. The fourth-order valence-corrected chi connectivity index (χ4v) is 10.1. The van der Waals surface area contributed by atoms with E-state index in [4.69, 9.17) is 14.2 Å². The van der Waals surface area contributed by atoms with Gasteiger partial charge in [-0.15, -0.1) is 5.10 Å². The highest BCUT2D eigenvalue weighted by molar-refractivity contribution is 5.87. The molecule has 0 unspecified atom stereocenters. The maximum Gasteiger partial charge on any atom is 0.188 e. The number of rotatable bonds is 7. The Morgan fingerprint density at radius 1 is 1.03 bits per heavy atom. The van der Waals surface area contributed by atoms with Gasteiger partial charge >= 0.3 is 0 Å². The SMILES string of the molecule is COC[C@]12CC[C@@](C)(O)C[C@@H]1CC[C@H]1[C@@H]3CC[C@H](C(=O)Cn4nnc5ccc(OC)c(OC)c54)[C@@]3(C)CC[C@@H]12. The Bertz CT molecular complexity index is 1240. The Labute approximate surface area is 231 Å². The van der Waals surface area contributed by atoms with Crippen LogP contribution in [0.4, 0.5) is 0 Å². The van der Waals surface area contributed by atoms with E-state index in [0.717, 1.165) is 51.6 Å². The quantitative estimate of drug-likeness (QED) is 0.526. The van der Waals surface area contributed by atoms with Crippen molar-refractivity contribution in [2.75, 3.05) is 27.9 Å². The number of Topliss-reactive ketones (excluding diaryl/α,β-unsaturated/α-hetero) is 1. The van der Waals surface area contributed by atoms with Crippen LogP contribution in [0.2, 0.25) is 0 Å². The summed E-state index contributed by atoms with van der Waals surface area (Å²) in [6, 6.07) is 3.68. The summed E-state index contributed by atoms with van der Waals surface area (Å²) in [6.45, 7) is 5.41. The molecule has 0 aliphatic heterocycles. The average molecular weight is 540 g/mol. The highest BCUT2D eigenvalue weighted by Gasteiger charge is 2.63. The third-order valence-corrected chi connectivity index (χ3v) is 11.8. The summed E-state index contributed by atoms with van der Waals surface area (Å²) in [5, 5.41) is 19.6. The number of ether oxygens (including phenoxy) is 3. The first kappa shape index (κ1) is 27.0. The van der Waals surface area contributed by atoms with Crippen LogP contribution < -0.4 is 9.47 Å². The summed E-state index contributed by atoms with van der Waals surface area (Å²) in [7, 11) is 5.06. The number of nitrogens with zero attached hydrogens (tertiary/aromatic N) is 3. The Kier molecular flexibility index (Phi) is 6.73. The molecule has 8 heteroatoms. The molecule has 2 aromatic rings. The van der Waals surface area contributed by atoms with Gasteiger partial charge in [-0.3, -0.25) is 4.79 Å². The number of benzene rings is 1. The second kappa shape index (κ2) is 9.72. The smallest absolute Gasteiger partial charge is 0.188 e. The van der Waals surface area contributed by atoms with Crippen LogP contribution in [0.25, 0.3) is 11.0 Å². The number of hydrogen-bond donors (Lipinski definition) is 1. The molecule has 0 amide bonds. The molecule has 39 heavy (non-hydrogen) atoms. The fraction of sp³-hybridized carbons (Fsp3) is 0.774. The van der Waals surface area contributed by atoms with Crippen molar-refractivity contribution in [3.8, 4) is 11.5 Å². The van der Waals surface area contributed by atoms with Crippen molar-refractivity contribution < 1.29 is 24.1 Å². The zero-order valence-electron chi connectivity index (χ0n) is 24.2. The van der Waals surface area contributed by atoms with Crippen molar-refractivity contribution in [2.24, 2.45) is 40.4 Å². The lowest BCUT2D eigenvalue weighted by Crippen LogP contribution is -2.58. The van der Waals surface area contributed by atoms with Crippen LogP contribution in [0, 0.1) is 40.4 Å². The summed E-state index contributed by atoms with van der Waals surface area (Å²) in [5.41, 5.74) is 1.03. The molecule has 4 aliphatic rings. The molecular weight excluding hydrogens is 494 g/mol. The molecule has 214 valence electrons. The van der Waals surface area contributed by atoms with Crippen LogP contribution in [0.3, 0.4) is 0 Å². The summed E-state index contributed by atoms with van der Waals surface area (Å²) in [4.78, 5) is 14.0. The minimum absolute atomic E-state index is 0.0116. The summed E-state index contributed by atoms with van der Waals surface area (Å²) in [5.74, 6) is 3.80. The second-order valence-corrected chi connectivity index (χ2v) is 13.6. The van der Waals surface area contributed by atoms with E-state index < -0.39 is 5.60 Å². The van der Waals surface area contributed by atoms with Gasteiger partial charge in [0.2, 0.25) is 0 Å². The highest BCUT2D eigenvalue weighted by Crippen LogP contribution is 2.68. The molecule has 1 aromatic heterocycles. The van der Waals surface area contributed by atoms with Gasteiger partial charge < -0.3 is 19.3 Å². The third-order valence-electron chi connectivity index (χ3n) is 11.8. The fourth-order valence-electron chi connectivity index (χ4n) is 10.1. The Hall–Kier alpha value is -2.19. The van der Waals surface area contributed by atoms with Crippen molar-refractivity contribution in [3.63, 3.8) is 0 Å². The first-order valence-corrected chi connectivity index (χ1v) is 14.9. The third kappa shape index (κ3) is 4.11. The lowest BCUT2D eigenvalue weighted by Gasteiger charge is -2.62. The first-order valence-electron chi connectivity index (χ1n) is 14.9. The molecule has 8 atom stereocenters. The van der Waals surface area contributed by atoms with Crippen molar-refractivity contribution in [1.82, 2.24) is 15.0 Å².